The smallest absolute Gasteiger partial charge is 0.224 e. The molecule has 68 valence electrons. The van der Waals surface area contributed by atoms with Gasteiger partial charge in [-0.15, -0.1) is 12.3 Å². The molecule has 0 saturated heterocycles. The Labute approximate surface area is 76.7 Å². The van der Waals surface area contributed by atoms with Crippen LogP contribution in [-0.4, -0.2) is 16.1 Å². The number of rotatable bonds is 4. The minimum Gasteiger partial charge on any atom is -0.323 e. The summed E-state index contributed by atoms with van der Waals surface area (Å²) >= 11 is 0. The molecule has 4 heteroatoms. The van der Waals surface area contributed by atoms with Gasteiger partial charge in [0.25, 0.3) is 0 Å². The Morgan fingerprint density at radius 3 is 3.23 bits per heavy atom. The molecular formula is C9H11N3O. The third-order valence-corrected chi connectivity index (χ3v) is 1.51. The zero-order valence-corrected chi connectivity index (χ0v) is 7.21. The van der Waals surface area contributed by atoms with E-state index < -0.39 is 0 Å². The van der Waals surface area contributed by atoms with Gasteiger partial charge in [-0.1, -0.05) is 0 Å². The zero-order chi connectivity index (χ0) is 9.52. The maximum Gasteiger partial charge on any atom is 0.224 e. The third kappa shape index (κ3) is 3.43. The molecule has 1 amide bonds. The molecule has 0 saturated carbocycles. The summed E-state index contributed by atoms with van der Waals surface area (Å²) in [5.41, 5.74) is 0.686. The molecule has 0 spiro atoms. The highest BCUT2D eigenvalue weighted by Gasteiger charge is 2.01. The van der Waals surface area contributed by atoms with Gasteiger partial charge in [0.15, 0.2) is 0 Å². The lowest BCUT2D eigenvalue weighted by Gasteiger charge is -1.99. The number of carbonyl (C=O) groups is 1. The van der Waals surface area contributed by atoms with E-state index in [4.69, 9.17) is 6.42 Å². The van der Waals surface area contributed by atoms with Gasteiger partial charge >= 0.3 is 0 Å². The molecule has 1 rings (SSSR count). The van der Waals surface area contributed by atoms with E-state index in [1.165, 1.54) is 0 Å². The van der Waals surface area contributed by atoms with E-state index in [1.54, 1.807) is 12.4 Å². The van der Waals surface area contributed by atoms with Crippen LogP contribution in [0.5, 0.6) is 0 Å². The number of anilines is 1. The van der Waals surface area contributed by atoms with Crippen molar-refractivity contribution >= 4 is 11.6 Å². The molecule has 0 aliphatic heterocycles. The second-order valence-electron chi connectivity index (χ2n) is 2.59. The number of amides is 1. The van der Waals surface area contributed by atoms with E-state index in [2.05, 4.69) is 21.4 Å². The second kappa shape index (κ2) is 4.99. The topological polar surface area (TPSA) is 57.8 Å². The quantitative estimate of drug-likeness (QED) is 0.535. The van der Waals surface area contributed by atoms with Crippen LogP contribution in [0.2, 0.25) is 0 Å². The van der Waals surface area contributed by atoms with Crippen molar-refractivity contribution in [1.82, 2.24) is 10.2 Å². The van der Waals surface area contributed by atoms with E-state index in [9.17, 15) is 4.79 Å². The van der Waals surface area contributed by atoms with Crippen molar-refractivity contribution in [3.63, 3.8) is 0 Å². The van der Waals surface area contributed by atoms with Crippen LogP contribution in [0.15, 0.2) is 12.4 Å². The first kappa shape index (κ1) is 9.33. The van der Waals surface area contributed by atoms with Gasteiger partial charge in [-0.2, -0.15) is 5.10 Å². The minimum atomic E-state index is -0.0309. The number of terminal acetylenes is 1. The highest BCUT2D eigenvalue weighted by Crippen LogP contribution is 2.03. The maximum atomic E-state index is 11.2. The standard InChI is InChI=1S/C9H11N3O/c1-2-3-4-5-9(13)12-8-6-10-11-7-8/h1,6-7H,3-5H2,(H,10,11)(H,12,13). The summed E-state index contributed by atoms with van der Waals surface area (Å²) in [4.78, 5) is 11.2. The molecule has 0 unspecified atom stereocenters. The van der Waals surface area contributed by atoms with Gasteiger partial charge < -0.3 is 5.32 Å². The molecule has 0 aliphatic carbocycles. The normalized spacial score (nSPS) is 9.15. The van der Waals surface area contributed by atoms with Crippen LogP contribution in [0.25, 0.3) is 0 Å². The highest BCUT2D eigenvalue weighted by atomic mass is 16.1. The van der Waals surface area contributed by atoms with Crippen LogP contribution >= 0.6 is 0 Å². The van der Waals surface area contributed by atoms with Crippen LogP contribution in [0.1, 0.15) is 19.3 Å². The molecule has 0 radical (unpaired) electrons. The van der Waals surface area contributed by atoms with Crippen LogP contribution < -0.4 is 5.32 Å². The van der Waals surface area contributed by atoms with Crippen molar-refractivity contribution in [3.8, 4) is 12.3 Å². The van der Waals surface area contributed by atoms with Gasteiger partial charge in [-0.3, -0.25) is 9.89 Å². The Hall–Kier alpha value is -1.76. The summed E-state index contributed by atoms with van der Waals surface area (Å²) in [6.45, 7) is 0. The van der Waals surface area contributed by atoms with E-state index in [1.807, 2.05) is 0 Å². The molecule has 13 heavy (non-hydrogen) atoms. The second-order valence-corrected chi connectivity index (χ2v) is 2.59. The fraction of sp³-hybridized carbons (Fsp3) is 0.333. The maximum absolute atomic E-state index is 11.2. The molecule has 1 aromatic heterocycles. The number of hydrogen-bond acceptors (Lipinski definition) is 2. The first-order chi connectivity index (χ1) is 6.33. The molecule has 0 bridgehead atoms. The predicted molar refractivity (Wildman–Crippen MR) is 49.9 cm³/mol. The molecule has 0 aliphatic rings. The fourth-order valence-electron chi connectivity index (χ4n) is 0.894. The molecule has 1 aromatic rings. The molecule has 0 atom stereocenters. The molecule has 2 N–H and O–H groups in total. The molecular weight excluding hydrogens is 166 g/mol. The predicted octanol–water partition coefficient (Wildman–Crippen LogP) is 1.15. The Bertz CT molecular complexity index is 297. The Morgan fingerprint density at radius 2 is 2.62 bits per heavy atom. The number of nitrogens with one attached hydrogen (secondary N) is 2. The first-order valence-electron chi connectivity index (χ1n) is 4.05. The van der Waals surface area contributed by atoms with Crippen molar-refractivity contribution in [1.29, 1.82) is 0 Å². The Morgan fingerprint density at radius 1 is 1.77 bits per heavy atom. The van der Waals surface area contributed by atoms with Gasteiger partial charge in [-0.05, 0) is 6.42 Å². The fourth-order valence-corrected chi connectivity index (χ4v) is 0.894. The average molecular weight is 177 g/mol. The number of nitrogens with zero attached hydrogens (tertiary/aromatic N) is 1. The lowest BCUT2D eigenvalue weighted by Crippen LogP contribution is -2.10. The number of aromatic amines is 1. The van der Waals surface area contributed by atoms with E-state index >= 15 is 0 Å². The molecule has 0 fully saturated rings. The molecule has 1 heterocycles. The summed E-state index contributed by atoms with van der Waals surface area (Å²) in [5, 5.41) is 8.98. The Balaban J connectivity index is 2.23. The SMILES string of the molecule is C#CCCCC(=O)Nc1cn[nH]c1. The number of unbranched alkanes of at least 4 members (excludes halogenated alkanes) is 1. The number of H-pyrrole nitrogens is 1. The number of aromatic nitrogens is 2. The third-order valence-electron chi connectivity index (χ3n) is 1.51. The van der Waals surface area contributed by atoms with Crippen LogP contribution in [0, 0.1) is 12.3 Å². The van der Waals surface area contributed by atoms with Crippen LogP contribution in [-0.2, 0) is 4.79 Å². The minimum absolute atomic E-state index is 0.0309. The van der Waals surface area contributed by atoms with Crippen LogP contribution in [0.3, 0.4) is 0 Å². The van der Waals surface area contributed by atoms with Crippen molar-refractivity contribution in [2.24, 2.45) is 0 Å². The zero-order valence-electron chi connectivity index (χ0n) is 7.21. The summed E-state index contributed by atoms with van der Waals surface area (Å²) < 4.78 is 0. The largest absolute Gasteiger partial charge is 0.323 e. The van der Waals surface area contributed by atoms with Crippen LogP contribution in [0.4, 0.5) is 5.69 Å². The van der Waals surface area contributed by atoms with E-state index in [0.717, 1.165) is 6.42 Å². The van der Waals surface area contributed by atoms with E-state index in [0.29, 0.717) is 18.5 Å². The van der Waals surface area contributed by atoms with Gasteiger partial charge in [0.1, 0.15) is 0 Å². The average Bonchev–Trinajstić information content (AvgIpc) is 2.57. The summed E-state index contributed by atoms with van der Waals surface area (Å²) in [6.07, 6.45) is 10.0. The molecule has 0 aromatic carbocycles. The van der Waals surface area contributed by atoms with Crippen molar-refractivity contribution in [3.05, 3.63) is 12.4 Å². The monoisotopic (exact) mass is 177 g/mol. The van der Waals surface area contributed by atoms with E-state index in [-0.39, 0.29) is 5.91 Å². The lowest BCUT2D eigenvalue weighted by atomic mass is 10.2. The Kier molecular flexibility index (Phi) is 3.58. The molecule has 4 nitrogen and oxygen atoms in total. The summed E-state index contributed by atoms with van der Waals surface area (Å²) in [7, 11) is 0. The van der Waals surface area contributed by atoms with Gasteiger partial charge in [0.2, 0.25) is 5.91 Å². The number of carbonyl (C=O) groups excluding carboxylic acids is 1. The lowest BCUT2D eigenvalue weighted by molar-refractivity contribution is -0.116. The van der Waals surface area contributed by atoms with Crippen molar-refractivity contribution < 1.29 is 4.79 Å². The van der Waals surface area contributed by atoms with Crippen molar-refractivity contribution in [2.75, 3.05) is 5.32 Å². The first-order valence-corrected chi connectivity index (χ1v) is 4.05. The van der Waals surface area contributed by atoms with Gasteiger partial charge in [0, 0.05) is 19.0 Å². The summed E-state index contributed by atoms with van der Waals surface area (Å²) in [5.74, 6) is 2.45. The van der Waals surface area contributed by atoms with Crippen molar-refractivity contribution in [2.45, 2.75) is 19.3 Å². The highest BCUT2D eigenvalue weighted by molar-refractivity contribution is 5.90. The van der Waals surface area contributed by atoms with Gasteiger partial charge in [-0.25, -0.2) is 0 Å². The number of hydrogen-bond donors (Lipinski definition) is 2. The van der Waals surface area contributed by atoms with Gasteiger partial charge in [0.05, 0.1) is 11.9 Å². The summed E-state index contributed by atoms with van der Waals surface area (Å²) in [6, 6.07) is 0.